The fraction of sp³-hybridized carbons (Fsp3) is 0.667. The van der Waals surface area contributed by atoms with Crippen molar-refractivity contribution in [3.63, 3.8) is 0 Å². The summed E-state index contributed by atoms with van der Waals surface area (Å²) in [5.74, 6) is 0.435. The van der Waals surface area contributed by atoms with Gasteiger partial charge in [0.1, 0.15) is 0 Å². The number of rotatable bonds is 3. The molecular formula is C15H23NO2. The first-order chi connectivity index (χ1) is 8.30. The van der Waals surface area contributed by atoms with Crippen LogP contribution in [0.25, 0.3) is 0 Å². The second-order valence-corrected chi connectivity index (χ2v) is 6.25. The lowest BCUT2D eigenvalue weighted by Gasteiger charge is -2.22. The lowest BCUT2D eigenvalue weighted by Crippen LogP contribution is -2.34. The third-order valence-corrected chi connectivity index (χ3v) is 3.56. The molecule has 0 saturated heterocycles. The van der Waals surface area contributed by atoms with Crippen LogP contribution in [0.3, 0.4) is 0 Å². The van der Waals surface area contributed by atoms with Gasteiger partial charge in [-0.3, -0.25) is 4.79 Å². The standard InChI is InChI=1S/C15H23NO2/c1-10(2)9-16-13-7-5-6-11(13)8-12(14(16)17)15(3,4)18/h8,10,18H,5-7,9H2,1-4H3. The fourth-order valence-corrected chi connectivity index (χ4v) is 2.72. The zero-order chi connectivity index (χ0) is 13.5. The zero-order valence-electron chi connectivity index (χ0n) is 11.8. The number of fused-ring (bicyclic) bond motifs is 1. The van der Waals surface area contributed by atoms with E-state index in [0.29, 0.717) is 11.5 Å². The molecule has 0 fully saturated rings. The van der Waals surface area contributed by atoms with E-state index in [1.54, 1.807) is 13.8 Å². The number of aryl methyl sites for hydroxylation is 1. The maximum absolute atomic E-state index is 12.5. The van der Waals surface area contributed by atoms with Gasteiger partial charge in [-0.1, -0.05) is 13.8 Å². The highest BCUT2D eigenvalue weighted by Gasteiger charge is 2.26. The van der Waals surface area contributed by atoms with Gasteiger partial charge in [0, 0.05) is 17.8 Å². The molecule has 0 aromatic carbocycles. The quantitative estimate of drug-likeness (QED) is 0.892. The second-order valence-electron chi connectivity index (χ2n) is 6.25. The summed E-state index contributed by atoms with van der Waals surface area (Å²) >= 11 is 0. The second kappa shape index (κ2) is 4.54. The third kappa shape index (κ3) is 2.37. The Balaban J connectivity index is 2.63. The van der Waals surface area contributed by atoms with Crippen LogP contribution in [0.1, 0.15) is 50.9 Å². The number of nitrogens with zero attached hydrogens (tertiary/aromatic N) is 1. The van der Waals surface area contributed by atoms with Gasteiger partial charge in [0.15, 0.2) is 0 Å². The Morgan fingerprint density at radius 1 is 1.39 bits per heavy atom. The summed E-state index contributed by atoms with van der Waals surface area (Å²) < 4.78 is 1.89. The van der Waals surface area contributed by atoms with Gasteiger partial charge in [0.05, 0.1) is 5.60 Å². The van der Waals surface area contributed by atoms with E-state index in [2.05, 4.69) is 13.8 Å². The van der Waals surface area contributed by atoms with Crippen molar-refractivity contribution in [3.05, 3.63) is 33.2 Å². The Morgan fingerprint density at radius 3 is 2.61 bits per heavy atom. The first-order valence-electron chi connectivity index (χ1n) is 6.79. The molecular weight excluding hydrogens is 226 g/mol. The lowest BCUT2D eigenvalue weighted by molar-refractivity contribution is 0.0762. The molecule has 0 atom stereocenters. The van der Waals surface area contributed by atoms with E-state index >= 15 is 0 Å². The first kappa shape index (κ1) is 13.3. The molecule has 2 rings (SSSR count). The molecule has 0 radical (unpaired) electrons. The molecule has 3 heteroatoms. The van der Waals surface area contributed by atoms with Crippen LogP contribution in [0.15, 0.2) is 10.9 Å². The van der Waals surface area contributed by atoms with E-state index in [0.717, 1.165) is 25.8 Å². The van der Waals surface area contributed by atoms with Crippen LogP contribution < -0.4 is 5.56 Å². The summed E-state index contributed by atoms with van der Waals surface area (Å²) in [5.41, 5.74) is 1.88. The van der Waals surface area contributed by atoms with Crippen molar-refractivity contribution in [1.82, 2.24) is 4.57 Å². The van der Waals surface area contributed by atoms with Gasteiger partial charge in [-0.05, 0) is 50.7 Å². The Labute approximate surface area is 108 Å². The fourth-order valence-electron chi connectivity index (χ4n) is 2.72. The topological polar surface area (TPSA) is 42.2 Å². The van der Waals surface area contributed by atoms with Gasteiger partial charge >= 0.3 is 0 Å². The number of hydrogen-bond donors (Lipinski definition) is 1. The van der Waals surface area contributed by atoms with Crippen molar-refractivity contribution < 1.29 is 5.11 Å². The maximum atomic E-state index is 12.5. The molecule has 1 aromatic heterocycles. The van der Waals surface area contributed by atoms with E-state index in [-0.39, 0.29) is 5.56 Å². The highest BCUT2D eigenvalue weighted by molar-refractivity contribution is 5.32. The van der Waals surface area contributed by atoms with E-state index in [9.17, 15) is 9.90 Å². The van der Waals surface area contributed by atoms with Gasteiger partial charge in [0.25, 0.3) is 5.56 Å². The van der Waals surface area contributed by atoms with Crippen LogP contribution in [0, 0.1) is 5.92 Å². The van der Waals surface area contributed by atoms with Crippen LogP contribution in [-0.2, 0) is 25.0 Å². The van der Waals surface area contributed by atoms with Gasteiger partial charge in [0.2, 0.25) is 0 Å². The Morgan fingerprint density at radius 2 is 2.06 bits per heavy atom. The molecule has 0 spiro atoms. The number of hydrogen-bond acceptors (Lipinski definition) is 2. The summed E-state index contributed by atoms with van der Waals surface area (Å²) in [5, 5.41) is 10.1. The minimum Gasteiger partial charge on any atom is -0.386 e. The van der Waals surface area contributed by atoms with Crippen molar-refractivity contribution in [2.75, 3.05) is 0 Å². The van der Waals surface area contributed by atoms with E-state index < -0.39 is 5.60 Å². The third-order valence-electron chi connectivity index (χ3n) is 3.56. The van der Waals surface area contributed by atoms with Crippen LogP contribution in [0.2, 0.25) is 0 Å². The van der Waals surface area contributed by atoms with Crippen LogP contribution in [0.5, 0.6) is 0 Å². The van der Waals surface area contributed by atoms with Gasteiger partial charge in [-0.2, -0.15) is 0 Å². The monoisotopic (exact) mass is 249 g/mol. The molecule has 0 unspecified atom stereocenters. The van der Waals surface area contributed by atoms with Crippen molar-refractivity contribution in [1.29, 1.82) is 0 Å². The van der Waals surface area contributed by atoms with Crippen molar-refractivity contribution in [2.45, 2.75) is 59.1 Å². The molecule has 0 bridgehead atoms. The predicted octanol–water partition coefficient (Wildman–Crippen LogP) is 2.22. The number of aliphatic hydroxyl groups is 1. The van der Waals surface area contributed by atoms with Crippen LogP contribution in [0.4, 0.5) is 0 Å². The summed E-state index contributed by atoms with van der Waals surface area (Å²) in [7, 11) is 0. The molecule has 0 saturated carbocycles. The highest BCUT2D eigenvalue weighted by Crippen LogP contribution is 2.25. The van der Waals surface area contributed by atoms with Crippen LogP contribution >= 0.6 is 0 Å². The van der Waals surface area contributed by atoms with Crippen LogP contribution in [-0.4, -0.2) is 9.67 Å². The van der Waals surface area contributed by atoms with E-state index in [4.69, 9.17) is 0 Å². The highest BCUT2D eigenvalue weighted by atomic mass is 16.3. The largest absolute Gasteiger partial charge is 0.386 e. The minimum absolute atomic E-state index is 0.0168. The first-order valence-corrected chi connectivity index (χ1v) is 6.79. The molecule has 0 aliphatic heterocycles. The normalized spacial score (nSPS) is 15.2. The van der Waals surface area contributed by atoms with Crippen molar-refractivity contribution >= 4 is 0 Å². The number of aromatic nitrogens is 1. The summed E-state index contributed by atoms with van der Waals surface area (Å²) in [4.78, 5) is 12.5. The Kier molecular flexibility index (Phi) is 3.37. The molecule has 1 aromatic rings. The van der Waals surface area contributed by atoms with Gasteiger partial charge in [-0.15, -0.1) is 0 Å². The average Bonchev–Trinajstić information content (AvgIpc) is 2.67. The molecule has 18 heavy (non-hydrogen) atoms. The lowest BCUT2D eigenvalue weighted by atomic mass is 9.97. The molecule has 1 aliphatic carbocycles. The Bertz CT molecular complexity index is 506. The molecule has 0 amide bonds. The molecule has 1 aliphatic rings. The minimum atomic E-state index is -1.06. The smallest absolute Gasteiger partial charge is 0.256 e. The molecule has 3 nitrogen and oxygen atoms in total. The van der Waals surface area contributed by atoms with Crippen molar-refractivity contribution in [3.8, 4) is 0 Å². The maximum Gasteiger partial charge on any atom is 0.256 e. The average molecular weight is 249 g/mol. The molecule has 100 valence electrons. The van der Waals surface area contributed by atoms with Crippen molar-refractivity contribution in [2.24, 2.45) is 5.92 Å². The van der Waals surface area contributed by atoms with Gasteiger partial charge in [-0.25, -0.2) is 0 Å². The summed E-state index contributed by atoms with van der Waals surface area (Å²) in [6, 6.07) is 1.92. The number of pyridine rings is 1. The molecule has 1 N–H and O–H groups in total. The zero-order valence-corrected chi connectivity index (χ0v) is 11.8. The van der Waals surface area contributed by atoms with E-state index in [1.807, 2.05) is 10.6 Å². The SMILES string of the molecule is CC(C)Cn1c2c(cc(C(C)(C)O)c1=O)CCC2. The molecule has 1 heterocycles. The summed E-state index contributed by atoms with van der Waals surface area (Å²) in [6.45, 7) is 8.34. The van der Waals surface area contributed by atoms with Gasteiger partial charge < -0.3 is 9.67 Å². The summed E-state index contributed by atoms with van der Waals surface area (Å²) in [6.07, 6.45) is 3.13. The predicted molar refractivity (Wildman–Crippen MR) is 72.8 cm³/mol. The van der Waals surface area contributed by atoms with E-state index in [1.165, 1.54) is 11.3 Å². The Hall–Kier alpha value is -1.09.